The molecule has 1 saturated carbocycles. The summed E-state index contributed by atoms with van der Waals surface area (Å²) in [6, 6.07) is 10.3. The molecule has 0 saturated heterocycles. The second-order valence-electron chi connectivity index (χ2n) is 5.70. The van der Waals surface area contributed by atoms with E-state index in [4.69, 9.17) is 11.6 Å². The van der Waals surface area contributed by atoms with E-state index in [-0.39, 0.29) is 11.3 Å². The lowest BCUT2D eigenvalue weighted by Crippen LogP contribution is -2.34. The summed E-state index contributed by atoms with van der Waals surface area (Å²) in [7, 11) is 0. The number of aryl methyl sites for hydroxylation is 1. The molecule has 110 valence electrons. The summed E-state index contributed by atoms with van der Waals surface area (Å²) < 4.78 is 0. The Balaban J connectivity index is 1.60. The molecule has 2 rings (SSSR count). The zero-order chi connectivity index (χ0) is 14.2. The molecule has 2 nitrogen and oxygen atoms in total. The summed E-state index contributed by atoms with van der Waals surface area (Å²) in [5.41, 5.74) is 1.30. The quantitative estimate of drug-likeness (QED) is 0.791. The maximum absolute atomic E-state index is 11.8. The van der Waals surface area contributed by atoms with Gasteiger partial charge in [0.1, 0.15) is 0 Å². The van der Waals surface area contributed by atoms with Gasteiger partial charge in [-0.1, -0.05) is 43.2 Å². The van der Waals surface area contributed by atoms with Crippen molar-refractivity contribution >= 4 is 17.5 Å². The van der Waals surface area contributed by atoms with Crippen LogP contribution in [0, 0.1) is 5.92 Å². The molecule has 3 heteroatoms. The molecule has 0 heterocycles. The Bertz CT molecular complexity index is 407. The van der Waals surface area contributed by atoms with E-state index >= 15 is 0 Å². The van der Waals surface area contributed by atoms with Gasteiger partial charge in [-0.3, -0.25) is 4.79 Å². The monoisotopic (exact) mass is 293 g/mol. The molecule has 1 N–H and O–H groups in total. The van der Waals surface area contributed by atoms with Crippen molar-refractivity contribution in [3.63, 3.8) is 0 Å². The van der Waals surface area contributed by atoms with Crippen LogP contribution in [0.25, 0.3) is 0 Å². The van der Waals surface area contributed by atoms with Gasteiger partial charge in [-0.05, 0) is 37.2 Å². The minimum Gasteiger partial charge on any atom is -0.356 e. The van der Waals surface area contributed by atoms with Crippen molar-refractivity contribution in [3.05, 3.63) is 35.9 Å². The zero-order valence-corrected chi connectivity index (χ0v) is 12.7. The highest BCUT2D eigenvalue weighted by Crippen LogP contribution is 2.27. The minimum atomic E-state index is 0.162. The Morgan fingerprint density at radius 3 is 2.70 bits per heavy atom. The van der Waals surface area contributed by atoms with Gasteiger partial charge >= 0.3 is 0 Å². The summed E-state index contributed by atoms with van der Waals surface area (Å²) in [6.07, 6.45) is 7.21. The van der Waals surface area contributed by atoms with Gasteiger partial charge in [0.05, 0.1) is 0 Å². The molecule has 1 aromatic carbocycles. The summed E-state index contributed by atoms with van der Waals surface area (Å²) in [5, 5.41) is 3.29. The Labute approximate surface area is 126 Å². The summed E-state index contributed by atoms with van der Waals surface area (Å²) in [6.45, 7) is 0.748. The number of amides is 1. The Morgan fingerprint density at radius 1 is 1.20 bits per heavy atom. The number of rotatable bonds is 6. The maximum atomic E-state index is 11.8. The SMILES string of the molecule is O=C(CCCc1ccccc1)NCC1CCCCC1Cl. The molecule has 1 aromatic rings. The van der Waals surface area contributed by atoms with Crippen LogP contribution in [0.1, 0.15) is 44.1 Å². The predicted molar refractivity (Wildman–Crippen MR) is 84.0 cm³/mol. The highest BCUT2D eigenvalue weighted by molar-refractivity contribution is 6.20. The molecule has 1 aliphatic carbocycles. The predicted octanol–water partition coefficient (Wildman–Crippen LogP) is 3.92. The summed E-state index contributed by atoms with van der Waals surface area (Å²) in [5.74, 6) is 0.624. The molecular weight excluding hydrogens is 270 g/mol. The molecule has 0 aliphatic heterocycles. The number of hydrogen-bond donors (Lipinski definition) is 1. The fraction of sp³-hybridized carbons (Fsp3) is 0.588. The molecule has 1 amide bonds. The number of carbonyl (C=O) groups is 1. The first-order chi connectivity index (χ1) is 9.75. The van der Waals surface area contributed by atoms with Gasteiger partial charge in [-0.15, -0.1) is 11.6 Å². The fourth-order valence-electron chi connectivity index (χ4n) is 2.82. The van der Waals surface area contributed by atoms with Crippen molar-refractivity contribution in [2.75, 3.05) is 6.54 Å². The lowest BCUT2D eigenvalue weighted by Gasteiger charge is -2.27. The van der Waals surface area contributed by atoms with E-state index in [0.29, 0.717) is 12.3 Å². The number of alkyl halides is 1. The number of hydrogen-bond acceptors (Lipinski definition) is 1. The number of benzene rings is 1. The van der Waals surface area contributed by atoms with Crippen LogP contribution in [0.3, 0.4) is 0 Å². The van der Waals surface area contributed by atoms with Gasteiger partial charge in [0.2, 0.25) is 5.91 Å². The van der Waals surface area contributed by atoms with Crippen molar-refractivity contribution < 1.29 is 4.79 Å². The van der Waals surface area contributed by atoms with Crippen LogP contribution < -0.4 is 5.32 Å². The maximum Gasteiger partial charge on any atom is 0.220 e. The van der Waals surface area contributed by atoms with Crippen LogP contribution >= 0.6 is 11.6 Å². The summed E-state index contributed by atoms with van der Waals surface area (Å²) in [4.78, 5) is 11.8. The smallest absolute Gasteiger partial charge is 0.220 e. The topological polar surface area (TPSA) is 29.1 Å². The third-order valence-corrected chi connectivity index (χ3v) is 4.66. The molecule has 2 unspecified atom stereocenters. The molecule has 0 radical (unpaired) electrons. The molecule has 0 spiro atoms. The Kier molecular flexibility index (Phi) is 6.38. The van der Waals surface area contributed by atoms with Gasteiger partial charge in [-0.25, -0.2) is 0 Å². The Hall–Kier alpha value is -1.02. The number of nitrogens with one attached hydrogen (secondary N) is 1. The van der Waals surface area contributed by atoms with Crippen LogP contribution in [-0.4, -0.2) is 17.8 Å². The molecule has 2 atom stereocenters. The lowest BCUT2D eigenvalue weighted by atomic mass is 9.88. The van der Waals surface area contributed by atoms with Crippen LogP contribution in [0.2, 0.25) is 0 Å². The second-order valence-corrected chi connectivity index (χ2v) is 6.26. The third kappa shape index (κ3) is 5.16. The molecule has 0 aromatic heterocycles. The van der Waals surface area contributed by atoms with Crippen molar-refractivity contribution in [1.29, 1.82) is 0 Å². The van der Waals surface area contributed by atoms with Gasteiger partial charge < -0.3 is 5.32 Å². The number of halogens is 1. The average Bonchev–Trinajstić information content (AvgIpc) is 2.47. The van der Waals surface area contributed by atoms with Crippen molar-refractivity contribution in [2.24, 2.45) is 5.92 Å². The second kappa shape index (κ2) is 8.31. The molecule has 1 fully saturated rings. The average molecular weight is 294 g/mol. The van der Waals surface area contributed by atoms with E-state index in [2.05, 4.69) is 17.4 Å². The molecule has 20 heavy (non-hydrogen) atoms. The molecule has 1 aliphatic rings. The zero-order valence-electron chi connectivity index (χ0n) is 12.0. The number of carbonyl (C=O) groups excluding carboxylic acids is 1. The third-order valence-electron chi connectivity index (χ3n) is 4.09. The van der Waals surface area contributed by atoms with Crippen LogP contribution in [0.5, 0.6) is 0 Å². The van der Waals surface area contributed by atoms with Gasteiger partial charge in [0.25, 0.3) is 0 Å². The summed E-state index contributed by atoms with van der Waals surface area (Å²) >= 11 is 6.30. The standard InChI is InChI=1S/C17H24ClNO/c18-16-11-5-4-10-15(16)13-19-17(20)12-6-9-14-7-2-1-3-8-14/h1-3,7-8,15-16H,4-6,9-13H2,(H,19,20). The van der Waals surface area contributed by atoms with E-state index in [1.54, 1.807) is 0 Å². The van der Waals surface area contributed by atoms with Crippen LogP contribution in [0.15, 0.2) is 30.3 Å². The van der Waals surface area contributed by atoms with E-state index in [1.807, 2.05) is 18.2 Å². The van der Waals surface area contributed by atoms with Gasteiger partial charge in [0, 0.05) is 18.3 Å². The van der Waals surface area contributed by atoms with Gasteiger partial charge in [-0.2, -0.15) is 0 Å². The molecule has 0 bridgehead atoms. The van der Waals surface area contributed by atoms with E-state index < -0.39 is 0 Å². The first-order valence-electron chi connectivity index (χ1n) is 7.70. The Morgan fingerprint density at radius 2 is 1.95 bits per heavy atom. The van der Waals surface area contributed by atoms with Crippen molar-refractivity contribution in [3.8, 4) is 0 Å². The van der Waals surface area contributed by atoms with E-state index in [1.165, 1.54) is 18.4 Å². The van der Waals surface area contributed by atoms with Crippen molar-refractivity contribution in [2.45, 2.75) is 50.3 Å². The van der Waals surface area contributed by atoms with Gasteiger partial charge in [0.15, 0.2) is 0 Å². The normalized spacial score (nSPS) is 22.4. The van der Waals surface area contributed by atoms with Crippen molar-refractivity contribution in [1.82, 2.24) is 5.32 Å². The fourth-order valence-corrected chi connectivity index (χ4v) is 3.19. The largest absolute Gasteiger partial charge is 0.356 e. The highest BCUT2D eigenvalue weighted by atomic mass is 35.5. The highest BCUT2D eigenvalue weighted by Gasteiger charge is 2.23. The first-order valence-corrected chi connectivity index (χ1v) is 8.14. The lowest BCUT2D eigenvalue weighted by molar-refractivity contribution is -0.121. The van der Waals surface area contributed by atoms with E-state index in [0.717, 1.165) is 32.2 Å². The van der Waals surface area contributed by atoms with E-state index in [9.17, 15) is 4.79 Å². The first kappa shape index (κ1) is 15.4. The van der Waals surface area contributed by atoms with Crippen LogP contribution in [0.4, 0.5) is 0 Å². The minimum absolute atomic E-state index is 0.162. The molecular formula is C17H24ClNO. The van der Waals surface area contributed by atoms with Crippen LogP contribution in [-0.2, 0) is 11.2 Å².